The number of para-hydroxylation sites is 1. The molecule has 0 aliphatic carbocycles. The summed E-state index contributed by atoms with van der Waals surface area (Å²) in [5, 5.41) is 0. The van der Waals surface area contributed by atoms with Gasteiger partial charge >= 0.3 is 0 Å². The van der Waals surface area contributed by atoms with Crippen LogP contribution in [0.4, 0.5) is 5.69 Å². The van der Waals surface area contributed by atoms with Crippen LogP contribution in [0, 0.1) is 6.92 Å². The average molecular weight is 309 g/mol. The standard InChI is InChI=1S/C19H21N2O2/c1-15-9-11-16(12-10-15)19(23)20(2)14-13-18(22)21(3)17-7-5-4-6-8-17/h4-12H,1,13-14H2,2-3H3. The first-order valence-corrected chi connectivity index (χ1v) is 7.48. The van der Waals surface area contributed by atoms with E-state index in [1.54, 1.807) is 48.2 Å². The van der Waals surface area contributed by atoms with E-state index in [0.29, 0.717) is 12.1 Å². The number of nitrogens with zero attached hydrogens (tertiary/aromatic N) is 2. The summed E-state index contributed by atoms with van der Waals surface area (Å²) < 4.78 is 0. The second-order valence-corrected chi connectivity index (χ2v) is 5.46. The highest BCUT2D eigenvalue weighted by Crippen LogP contribution is 2.12. The smallest absolute Gasteiger partial charge is 0.253 e. The first kappa shape index (κ1) is 16.7. The minimum atomic E-state index is -0.0971. The molecule has 2 amide bonds. The summed E-state index contributed by atoms with van der Waals surface area (Å²) in [6.45, 7) is 4.17. The summed E-state index contributed by atoms with van der Waals surface area (Å²) in [6.07, 6.45) is 0.279. The van der Waals surface area contributed by atoms with Gasteiger partial charge in [-0.3, -0.25) is 9.59 Å². The molecule has 4 nitrogen and oxygen atoms in total. The average Bonchev–Trinajstić information content (AvgIpc) is 2.59. The molecule has 0 aromatic heterocycles. The summed E-state index contributed by atoms with van der Waals surface area (Å²) in [6, 6.07) is 16.6. The van der Waals surface area contributed by atoms with E-state index in [-0.39, 0.29) is 18.2 Å². The fourth-order valence-corrected chi connectivity index (χ4v) is 2.20. The molecular weight excluding hydrogens is 288 g/mol. The van der Waals surface area contributed by atoms with Gasteiger partial charge in [-0.1, -0.05) is 30.3 Å². The van der Waals surface area contributed by atoms with Crippen LogP contribution >= 0.6 is 0 Å². The first-order valence-electron chi connectivity index (χ1n) is 7.48. The van der Waals surface area contributed by atoms with Gasteiger partial charge in [0, 0.05) is 38.3 Å². The Balaban J connectivity index is 1.90. The highest BCUT2D eigenvalue weighted by Gasteiger charge is 2.15. The Morgan fingerprint density at radius 2 is 1.57 bits per heavy atom. The number of benzene rings is 2. The van der Waals surface area contributed by atoms with Crippen LogP contribution in [0.1, 0.15) is 22.3 Å². The molecule has 2 aromatic rings. The van der Waals surface area contributed by atoms with Crippen molar-refractivity contribution >= 4 is 17.5 Å². The molecule has 0 fully saturated rings. The van der Waals surface area contributed by atoms with Crippen molar-refractivity contribution in [2.45, 2.75) is 6.42 Å². The molecule has 0 atom stereocenters. The number of carbonyl (C=O) groups excluding carboxylic acids is 2. The van der Waals surface area contributed by atoms with Crippen molar-refractivity contribution in [1.82, 2.24) is 4.90 Å². The van der Waals surface area contributed by atoms with Crippen LogP contribution in [0.2, 0.25) is 0 Å². The lowest BCUT2D eigenvalue weighted by Gasteiger charge is -2.21. The molecule has 0 aliphatic rings. The third kappa shape index (κ3) is 4.42. The number of carbonyl (C=O) groups is 2. The van der Waals surface area contributed by atoms with Crippen LogP contribution in [0.5, 0.6) is 0 Å². The molecule has 4 heteroatoms. The first-order chi connectivity index (χ1) is 11.0. The molecule has 1 radical (unpaired) electrons. The molecule has 119 valence electrons. The molecule has 0 saturated carbocycles. The minimum absolute atomic E-state index is 0.0241. The van der Waals surface area contributed by atoms with E-state index in [2.05, 4.69) is 6.92 Å². The van der Waals surface area contributed by atoms with Crippen molar-refractivity contribution in [2.75, 3.05) is 25.5 Å². The zero-order valence-electron chi connectivity index (χ0n) is 13.5. The van der Waals surface area contributed by atoms with Crippen LogP contribution in [-0.2, 0) is 4.79 Å². The number of anilines is 1. The van der Waals surface area contributed by atoms with Crippen molar-refractivity contribution in [3.8, 4) is 0 Å². The number of hydrogen-bond acceptors (Lipinski definition) is 2. The van der Waals surface area contributed by atoms with Crippen LogP contribution in [0.15, 0.2) is 54.6 Å². The van der Waals surface area contributed by atoms with Crippen molar-refractivity contribution in [2.24, 2.45) is 0 Å². The largest absolute Gasteiger partial charge is 0.341 e. The van der Waals surface area contributed by atoms with Gasteiger partial charge in [0.2, 0.25) is 5.91 Å². The molecule has 0 spiro atoms. The van der Waals surface area contributed by atoms with E-state index in [1.807, 2.05) is 30.3 Å². The van der Waals surface area contributed by atoms with Gasteiger partial charge in [0.25, 0.3) is 5.91 Å². The normalized spacial score (nSPS) is 10.2. The van der Waals surface area contributed by atoms with E-state index in [0.717, 1.165) is 11.3 Å². The monoisotopic (exact) mass is 309 g/mol. The second kappa shape index (κ2) is 7.58. The maximum Gasteiger partial charge on any atom is 0.253 e. The van der Waals surface area contributed by atoms with Gasteiger partial charge in [-0.05, 0) is 36.8 Å². The molecular formula is C19H21N2O2. The fraction of sp³-hybridized carbons (Fsp3) is 0.211. The minimum Gasteiger partial charge on any atom is -0.341 e. The zero-order valence-corrected chi connectivity index (χ0v) is 13.5. The van der Waals surface area contributed by atoms with Gasteiger partial charge in [0.15, 0.2) is 0 Å². The maximum atomic E-state index is 12.3. The third-order valence-corrected chi connectivity index (χ3v) is 3.73. The molecule has 2 rings (SSSR count). The highest BCUT2D eigenvalue weighted by atomic mass is 16.2. The Morgan fingerprint density at radius 1 is 0.957 bits per heavy atom. The number of hydrogen-bond donors (Lipinski definition) is 0. The quantitative estimate of drug-likeness (QED) is 0.852. The van der Waals surface area contributed by atoms with E-state index >= 15 is 0 Å². The van der Waals surface area contributed by atoms with Gasteiger partial charge in [-0.25, -0.2) is 0 Å². The molecule has 0 saturated heterocycles. The Bertz CT molecular complexity index is 666. The SMILES string of the molecule is [CH2]c1ccc(C(=O)N(C)CCC(=O)N(C)c2ccccc2)cc1. The molecule has 23 heavy (non-hydrogen) atoms. The summed E-state index contributed by atoms with van der Waals surface area (Å²) in [5.41, 5.74) is 2.31. The molecule has 0 heterocycles. The van der Waals surface area contributed by atoms with Gasteiger partial charge in [0.05, 0.1) is 0 Å². The Kier molecular flexibility index (Phi) is 5.52. The Hall–Kier alpha value is -2.62. The predicted molar refractivity (Wildman–Crippen MR) is 92.3 cm³/mol. The summed E-state index contributed by atoms with van der Waals surface area (Å²) >= 11 is 0. The molecule has 2 aromatic carbocycles. The van der Waals surface area contributed by atoms with E-state index in [9.17, 15) is 9.59 Å². The van der Waals surface area contributed by atoms with E-state index < -0.39 is 0 Å². The lowest BCUT2D eigenvalue weighted by Crippen LogP contribution is -2.33. The van der Waals surface area contributed by atoms with Gasteiger partial charge in [-0.2, -0.15) is 0 Å². The molecule has 0 bridgehead atoms. The molecule has 0 N–H and O–H groups in total. The van der Waals surface area contributed by atoms with Gasteiger partial charge in [0.1, 0.15) is 0 Å². The molecule has 0 aliphatic heterocycles. The molecule has 0 unspecified atom stereocenters. The van der Waals surface area contributed by atoms with E-state index in [4.69, 9.17) is 0 Å². The van der Waals surface area contributed by atoms with Crippen LogP contribution in [-0.4, -0.2) is 37.4 Å². The summed E-state index contributed by atoms with van der Waals surface area (Å²) in [5.74, 6) is -0.121. The lowest BCUT2D eigenvalue weighted by molar-refractivity contribution is -0.118. The number of amides is 2. The van der Waals surface area contributed by atoms with Crippen LogP contribution in [0.3, 0.4) is 0 Å². The Morgan fingerprint density at radius 3 is 2.17 bits per heavy atom. The summed E-state index contributed by atoms with van der Waals surface area (Å²) in [7, 11) is 3.45. The van der Waals surface area contributed by atoms with Gasteiger partial charge in [-0.15, -0.1) is 0 Å². The maximum absolute atomic E-state index is 12.3. The van der Waals surface area contributed by atoms with Gasteiger partial charge < -0.3 is 9.80 Å². The second-order valence-electron chi connectivity index (χ2n) is 5.46. The van der Waals surface area contributed by atoms with E-state index in [1.165, 1.54) is 0 Å². The fourth-order valence-electron chi connectivity index (χ4n) is 2.20. The highest BCUT2D eigenvalue weighted by molar-refractivity contribution is 5.95. The lowest BCUT2D eigenvalue weighted by atomic mass is 10.1. The Labute approximate surface area is 137 Å². The van der Waals surface area contributed by atoms with Crippen molar-refractivity contribution in [3.63, 3.8) is 0 Å². The summed E-state index contributed by atoms with van der Waals surface area (Å²) in [4.78, 5) is 27.7. The topological polar surface area (TPSA) is 40.6 Å². The third-order valence-electron chi connectivity index (χ3n) is 3.73. The zero-order chi connectivity index (χ0) is 16.8. The number of rotatable bonds is 5. The van der Waals surface area contributed by atoms with Crippen LogP contribution in [0.25, 0.3) is 0 Å². The predicted octanol–water partition coefficient (Wildman–Crippen LogP) is 2.99. The van der Waals surface area contributed by atoms with Crippen molar-refractivity contribution in [3.05, 3.63) is 72.6 Å². The van der Waals surface area contributed by atoms with Crippen molar-refractivity contribution < 1.29 is 9.59 Å². The van der Waals surface area contributed by atoms with Crippen molar-refractivity contribution in [1.29, 1.82) is 0 Å². The van der Waals surface area contributed by atoms with Crippen LogP contribution < -0.4 is 4.90 Å².